The first-order valence-electron chi connectivity index (χ1n) is 12.6. The third-order valence-electron chi connectivity index (χ3n) is 6.88. The fourth-order valence-corrected chi connectivity index (χ4v) is 4.95. The zero-order chi connectivity index (χ0) is 26.8. The number of halogens is 1. The minimum atomic E-state index is -0.515. The summed E-state index contributed by atoms with van der Waals surface area (Å²) in [6.45, 7) is 7.60. The number of nitrogens with zero attached hydrogens (tertiary/aromatic N) is 7. The molecule has 11 nitrogen and oxygen atoms in total. The summed E-state index contributed by atoms with van der Waals surface area (Å²) in [6, 6.07) is 7.35. The average molecular weight is 518 g/mol. The molecule has 196 valence electrons. The Balaban J connectivity index is 1.29. The van der Waals surface area contributed by atoms with Gasteiger partial charge in [-0.3, -0.25) is 14.3 Å². The van der Waals surface area contributed by atoms with Crippen molar-refractivity contribution in [3.05, 3.63) is 51.5 Å². The summed E-state index contributed by atoms with van der Waals surface area (Å²) in [5.74, 6) is -0.368. The number of amides is 1. The molecule has 0 saturated carbocycles. The van der Waals surface area contributed by atoms with Gasteiger partial charge in [0, 0.05) is 51.4 Å². The molecular weight excluding hydrogens is 489 g/mol. The standard InChI is InChI=1S/C26H28FN9O2/c1-3-36-24-21-19(30-15-31-24)13-17(22(27)23(21)33-26(36)38)14-34-9-11-35(12-10-34)20-6-5-18(32-16(20)2)25(37)29-8-4-7-28/h5-6,13,15H,3-4,8-12,14H2,1-2H3,(H,29,37)(H,30,31). The normalized spacial score (nSPS) is 14.8. The van der Waals surface area contributed by atoms with Gasteiger partial charge in [-0.15, -0.1) is 0 Å². The molecule has 0 atom stereocenters. The second kappa shape index (κ2) is 10.5. The highest BCUT2D eigenvalue weighted by Crippen LogP contribution is 2.36. The van der Waals surface area contributed by atoms with Gasteiger partial charge < -0.3 is 15.5 Å². The molecule has 1 fully saturated rings. The Morgan fingerprint density at radius 3 is 2.74 bits per heavy atom. The summed E-state index contributed by atoms with van der Waals surface area (Å²) >= 11 is 0. The Labute approximate surface area is 218 Å². The fraction of sp³-hybridized carbons (Fsp3) is 0.385. The predicted molar refractivity (Wildman–Crippen MR) is 142 cm³/mol. The zero-order valence-electron chi connectivity index (χ0n) is 21.3. The molecule has 1 amide bonds. The molecule has 1 saturated heterocycles. The average Bonchev–Trinajstić information content (AvgIpc) is 2.92. The Morgan fingerprint density at radius 2 is 2.03 bits per heavy atom. The summed E-state index contributed by atoms with van der Waals surface area (Å²) in [5, 5.41) is 14.9. The van der Waals surface area contributed by atoms with Crippen LogP contribution in [0.25, 0.3) is 10.9 Å². The maximum atomic E-state index is 15.6. The Bertz CT molecular complexity index is 1530. The summed E-state index contributed by atoms with van der Waals surface area (Å²) in [4.78, 5) is 41.9. The second-order valence-corrected chi connectivity index (χ2v) is 9.21. The van der Waals surface area contributed by atoms with Gasteiger partial charge in [-0.2, -0.15) is 10.2 Å². The lowest BCUT2D eigenvalue weighted by Gasteiger charge is -2.36. The van der Waals surface area contributed by atoms with Crippen LogP contribution in [0.3, 0.4) is 0 Å². The van der Waals surface area contributed by atoms with E-state index in [1.165, 1.54) is 10.9 Å². The molecule has 1 aromatic carbocycles. The molecule has 2 N–H and O–H groups in total. The molecule has 3 aromatic rings. The van der Waals surface area contributed by atoms with Crippen LogP contribution in [0.2, 0.25) is 0 Å². The topological polar surface area (TPSA) is 132 Å². The first kappa shape index (κ1) is 25.3. The molecule has 0 spiro atoms. The van der Waals surface area contributed by atoms with Crippen LogP contribution < -0.4 is 21.2 Å². The van der Waals surface area contributed by atoms with Crippen molar-refractivity contribution in [3.8, 4) is 6.07 Å². The van der Waals surface area contributed by atoms with Crippen molar-refractivity contribution in [1.82, 2.24) is 24.8 Å². The van der Waals surface area contributed by atoms with E-state index in [1.807, 2.05) is 26.0 Å². The van der Waals surface area contributed by atoms with Crippen molar-refractivity contribution in [1.29, 1.82) is 5.26 Å². The minimum absolute atomic E-state index is 0.0450. The molecular formula is C26H28FN9O2. The first-order chi connectivity index (χ1) is 18.4. The number of nitriles is 1. The number of nitrogens with one attached hydrogen (secondary N) is 2. The number of aliphatic imine (C=N–C) groups is 1. The van der Waals surface area contributed by atoms with Crippen LogP contribution >= 0.6 is 0 Å². The molecule has 2 aliphatic heterocycles. The van der Waals surface area contributed by atoms with E-state index >= 15 is 4.39 Å². The lowest BCUT2D eigenvalue weighted by atomic mass is 10.1. The fourth-order valence-electron chi connectivity index (χ4n) is 4.95. The van der Waals surface area contributed by atoms with Gasteiger partial charge >= 0.3 is 5.69 Å². The number of pyridine rings is 1. The van der Waals surface area contributed by atoms with Gasteiger partial charge in [0.1, 0.15) is 17.0 Å². The molecule has 4 heterocycles. The number of piperazine rings is 1. The van der Waals surface area contributed by atoms with Gasteiger partial charge in [-0.1, -0.05) is 0 Å². The number of hydrogen-bond acceptors (Lipinski definition) is 9. The van der Waals surface area contributed by atoms with E-state index in [1.54, 1.807) is 12.1 Å². The third kappa shape index (κ3) is 4.68. The smallest absolute Gasteiger partial charge is 0.349 e. The van der Waals surface area contributed by atoms with E-state index in [2.05, 4.69) is 35.4 Å². The second-order valence-electron chi connectivity index (χ2n) is 9.21. The van der Waals surface area contributed by atoms with E-state index in [-0.39, 0.29) is 24.4 Å². The molecule has 12 heteroatoms. The first-order valence-corrected chi connectivity index (χ1v) is 12.6. The Morgan fingerprint density at radius 1 is 1.24 bits per heavy atom. The Kier molecular flexibility index (Phi) is 7.02. The molecule has 2 aromatic heterocycles. The van der Waals surface area contributed by atoms with Crippen molar-refractivity contribution in [3.63, 3.8) is 0 Å². The molecule has 2 aliphatic rings. The SMILES string of the molecule is CCn1c2c3c(cc(CN4CCN(c5ccc(C(=O)NCCC#N)nc5C)CC4)c(F)c3nc1=O)NC=N2. The van der Waals surface area contributed by atoms with Gasteiger partial charge in [0.15, 0.2) is 5.82 Å². The number of carbonyl (C=O) groups is 1. The van der Waals surface area contributed by atoms with Crippen molar-refractivity contribution >= 4 is 40.3 Å². The lowest BCUT2D eigenvalue weighted by Crippen LogP contribution is -2.46. The van der Waals surface area contributed by atoms with Crippen LogP contribution in [0.1, 0.15) is 35.1 Å². The van der Waals surface area contributed by atoms with Crippen LogP contribution in [0, 0.1) is 24.1 Å². The summed E-state index contributed by atoms with van der Waals surface area (Å²) in [5.41, 5.74) is 2.71. The van der Waals surface area contributed by atoms with E-state index < -0.39 is 11.5 Å². The summed E-state index contributed by atoms with van der Waals surface area (Å²) in [6.07, 6.45) is 1.76. The van der Waals surface area contributed by atoms with Crippen LogP contribution in [0.4, 0.5) is 21.6 Å². The van der Waals surface area contributed by atoms with Crippen LogP contribution in [-0.4, -0.2) is 64.4 Å². The molecule has 38 heavy (non-hydrogen) atoms. The monoisotopic (exact) mass is 517 g/mol. The third-order valence-corrected chi connectivity index (χ3v) is 6.88. The van der Waals surface area contributed by atoms with Crippen molar-refractivity contribution in [2.75, 3.05) is 42.9 Å². The molecule has 0 bridgehead atoms. The van der Waals surface area contributed by atoms with Gasteiger partial charge in [0.25, 0.3) is 5.91 Å². The molecule has 0 aliphatic carbocycles. The number of aryl methyl sites for hydroxylation is 1. The molecule has 5 rings (SSSR count). The van der Waals surface area contributed by atoms with E-state index in [4.69, 9.17) is 5.26 Å². The lowest BCUT2D eigenvalue weighted by molar-refractivity contribution is 0.0949. The molecule has 0 radical (unpaired) electrons. The van der Waals surface area contributed by atoms with E-state index in [0.29, 0.717) is 67.4 Å². The molecule has 0 unspecified atom stereocenters. The number of rotatable bonds is 7. The van der Waals surface area contributed by atoms with Crippen LogP contribution in [-0.2, 0) is 13.1 Å². The number of anilines is 2. The predicted octanol–water partition coefficient (Wildman–Crippen LogP) is 2.31. The number of carbonyl (C=O) groups excluding carboxylic acids is 1. The maximum absolute atomic E-state index is 15.6. The van der Waals surface area contributed by atoms with E-state index in [0.717, 1.165) is 11.4 Å². The van der Waals surface area contributed by atoms with Crippen LogP contribution in [0.5, 0.6) is 0 Å². The highest BCUT2D eigenvalue weighted by Gasteiger charge is 2.25. The highest BCUT2D eigenvalue weighted by molar-refractivity contribution is 6.06. The minimum Gasteiger partial charge on any atom is -0.368 e. The maximum Gasteiger partial charge on any atom is 0.349 e. The van der Waals surface area contributed by atoms with Crippen molar-refractivity contribution < 1.29 is 9.18 Å². The Hall–Kier alpha value is -4.37. The van der Waals surface area contributed by atoms with Gasteiger partial charge in [0.05, 0.1) is 41.3 Å². The van der Waals surface area contributed by atoms with E-state index in [9.17, 15) is 9.59 Å². The quantitative estimate of drug-likeness (QED) is 0.457. The largest absolute Gasteiger partial charge is 0.368 e. The highest BCUT2D eigenvalue weighted by atomic mass is 19.1. The van der Waals surface area contributed by atoms with Gasteiger partial charge in [-0.25, -0.2) is 19.2 Å². The summed E-state index contributed by atoms with van der Waals surface area (Å²) in [7, 11) is 0. The number of benzene rings is 1. The van der Waals surface area contributed by atoms with Gasteiger partial charge in [-0.05, 0) is 32.0 Å². The zero-order valence-corrected chi connectivity index (χ0v) is 21.3. The van der Waals surface area contributed by atoms with Crippen LogP contribution in [0.15, 0.2) is 28.0 Å². The van der Waals surface area contributed by atoms with Gasteiger partial charge in [0.2, 0.25) is 0 Å². The van der Waals surface area contributed by atoms with Crippen molar-refractivity contribution in [2.24, 2.45) is 4.99 Å². The number of hydrogen-bond donors (Lipinski definition) is 2. The number of aromatic nitrogens is 3. The summed E-state index contributed by atoms with van der Waals surface area (Å²) < 4.78 is 17.0. The van der Waals surface area contributed by atoms with Crippen molar-refractivity contribution in [2.45, 2.75) is 33.4 Å².